The minimum absolute atomic E-state index is 0.0609. The van der Waals surface area contributed by atoms with Gasteiger partial charge in [-0.15, -0.1) is 13.2 Å². The molecule has 1 aromatic carbocycles. The van der Waals surface area contributed by atoms with E-state index in [1.54, 1.807) is 0 Å². The van der Waals surface area contributed by atoms with E-state index in [1.165, 1.54) is 12.1 Å². The predicted molar refractivity (Wildman–Crippen MR) is 67.8 cm³/mol. The summed E-state index contributed by atoms with van der Waals surface area (Å²) >= 11 is 2.96. The van der Waals surface area contributed by atoms with Crippen molar-refractivity contribution in [3.05, 3.63) is 22.7 Å². The second-order valence-electron chi connectivity index (χ2n) is 3.84. The first kappa shape index (κ1) is 16.6. The molecule has 0 aliphatic rings. The molecule has 0 spiro atoms. The van der Waals surface area contributed by atoms with Gasteiger partial charge in [0.1, 0.15) is 11.5 Å². The molecule has 0 radical (unpaired) electrons. The van der Waals surface area contributed by atoms with Gasteiger partial charge in [-0.25, -0.2) is 0 Å². The Balaban J connectivity index is 2.45. The third kappa shape index (κ3) is 6.65. The van der Waals surface area contributed by atoms with Crippen LogP contribution >= 0.6 is 15.9 Å². The maximum Gasteiger partial charge on any atom is 0.573 e. The van der Waals surface area contributed by atoms with Crippen LogP contribution in [0.2, 0.25) is 0 Å². The molecule has 1 rings (SSSR count). The number of rotatable bonds is 7. The zero-order valence-electron chi connectivity index (χ0n) is 10.2. The highest BCUT2D eigenvalue weighted by molar-refractivity contribution is 9.10. The van der Waals surface area contributed by atoms with Crippen LogP contribution < -0.4 is 9.47 Å². The summed E-state index contributed by atoms with van der Waals surface area (Å²) in [5.41, 5.74) is 0. The Labute approximate surface area is 121 Å². The molecule has 0 aliphatic heterocycles. The molecule has 1 aromatic rings. The van der Waals surface area contributed by atoms with Crippen LogP contribution in [0.15, 0.2) is 22.7 Å². The van der Waals surface area contributed by atoms with Crippen LogP contribution in [-0.2, 0) is 4.79 Å². The van der Waals surface area contributed by atoms with Gasteiger partial charge in [-0.2, -0.15) is 0 Å². The van der Waals surface area contributed by atoms with Gasteiger partial charge >= 0.3 is 12.3 Å². The summed E-state index contributed by atoms with van der Waals surface area (Å²) in [5, 5.41) is 8.44. The number of carboxylic acids is 1. The fourth-order valence-corrected chi connectivity index (χ4v) is 1.79. The number of aliphatic carboxylic acids is 1. The number of halogens is 4. The average Bonchev–Trinajstić information content (AvgIpc) is 2.30. The maximum atomic E-state index is 12.1. The minimum atomic E-state index is -4.75. The molecular weight excluding hydrogens is 345 g/mol. The molecule has 0 bridgehead atoms. The van der Waals surface area contributed by atoms with Gasteiger partial charge < -0.3 is 14.6 Å². The Bertz CT molecular complexity index is 463. The van der Waals surface area contributed by atoms with E-state index in [-0.39, 0.29) is 16.6 Å². The Morgan fingerprint density at radius 1 is 1.30 bits per heavy atom. The lowest BCUT2D eigenvalue weighted by atomic mass is 10.2. The van der Waals surface area contributed by atoms with E-state index in [0.717, 1.165) is 6.07 Å². The van der Waals surface area contributed by atoms with E-state index in [1.807, 2.05) is 0 Å². The van der Waals surface area contributed by atoms with Crippen molar-refractivity contribution in [1.29, 1.82) is 0 Å². The number of ether oxygens (including phenoxy) is 2. The minimum Gasteiger partial charge on any atom is -0.494 e. The van der Waals surface area contributed by atoms with Gasteiger partial charge in [-0.3, -0.25) is 4.79 Å². The number of unbranched alkanes of at least 4 members (excludes halogenated alkanes) is 1. The summed E-state index contributed by atoms with van der Waals surface area (Å²) in [6.45, 7) is 0.291. The van der Waals surface area contributed by atoms with Gasteiger partial charge in [-0.05, 0) is 47.0 Å². The third-order valence-electron chi connectivity index (χ3n) is 2.18. The van der Waals surface area contributed by atoms with E-state index in [4.69, 9.17) is 9.84 Å². The number of carbonyl (C=O) groups is 1. The molecule has 8 heteroatoms. The van der Waals surface area contributed by atoms with Crippen molar-refractivity contribution < 1.29 is 32.5 Å². The fourth-order valence-electron chi connectivity index (χ4n) is 1.35. The van der Waals surface area contributed by atoms with Crippen LogP contribution in [0.3, 0.4) is 0 Å². The molecule has 0 heterocycles. The van der Waals surface area contributed by atoms with Gasteiger partial charge in [0.05, 0.1) is 11.1 Å². The zero-order valence-corrected chi connectivity index (χ0v) is 11.8. The second kappa shape index (κ2) is 7.37. The second-order valence-corrected chi connectivity index (χ2v) is 4.69. The summed E-state index contributed by atoms with van der Waals surface area (Å²) in [6, 6.07) is 3.85. The number of hydrogen-bond acceptors (Lipinski definition) is 3. The molecule has 0 aliphatic carbocycles. The van der Waals surface area contributed by atoms with Gasteiger partial charge in [0, 0.05) is 6.42 Å². The lowest BCUT2D eigenvalue weighted by molar-refractivity contribution is -0.274. The molecule has 1 N–H and O–H groups in total. The van der Waals surface area contributed by atoms with Crippen LogP contribution in [-0.4, -0.2) is 24.0 Å². The first-order valence-corrected chi connectivity index (χ1v) is 6.47. The highest BCUT2D eigenvalue weighted by Gasteiger charge is 2.31. The lowest BCUT2D eigenvalue weighted by Gasteiger charge is -2.12. The summed E-state index contributed by atoms with van der Waals surface area (Å²) in [5.74, 6) is -0.848. The average molecular weight is 357 g/mol. The van der Waals surface area contributed by atoms with Crippen molar-refractivity contribution in [2.75, 3.05) is 6.61 Å². The van der Waals surface area contributed by atoms with Crippen molar-refractivity contribution in [3.63, 3.8) is 0 Å². The monoisotopic (exact) mass is 356 g/mol. The Hall–Kier alpha value is -1.44. The summed E-state index contributed by atoms with van der Waals surface area (Å²) in [7, 11) is 0. The molecule has 20 heavy (non-hydrogen) atoms. The number of hydrogen-bond donors (Lipinski definition) is 1. The normalized spacial score (nSPS) is 11.2. The van der Waals surface area contributed by atoms with Gasteiger partial charge in [0.25, 0.3) is 0 Å². The molecule has 4 nitrogen and oxygen atoms in total. The maximum absolute atomic E-state index is 12.1. The van der Waals surface area contributed by atoms with E-state index in [2.05, 4.69) is 20.7 Å². The molecule has 0 unspecified atom stereocenters. The Morgan fingerprint density at radius 3 is 2.55 bits per heavy atom. The highest BCUT2D eigenvalue weighted by Crippen LogP contribution is 2.33. The standard InChI is InChI=1S/C12H12BrF3O4/c13-9-7-8(19-6-2-1-3-11(17)18)4-5-10(9)20-12(14,15)16/h4-5,7H,1-3,6H2,(H,17,18). The van der Waals surface area contributed by atoms with Gasteiger partial charge in [-0.1, -0.05) is 0 Å². The van der Waals surface area contributed by atoms with Crippen LogP contribution in [0, 0.1) is 0 Å². The molecule has 0 fully saturated rings. The van der Waals surface area contributed by atoms with Crippen LogP contribution in [0.1, 0.15) is 19.3 Å². The predicted octanol–water partition coefficient (Wildman–Crippen LogP) is 3.98. The molecule has 0 aromatic heterocycles. The Kier molecular flexibility index (Phi) is 6.12. The Morgan fingerprint density at radius 2 is 2.00 bits per heavy atom. The van der Waals surface area contributed by atoms with Crippen molar-refractivity contribution in [1.82, 2.24) is 0 Å². The summed E-state index contributed by atoms with van der Waals surface area (Å²) in [6.07, 6.45) is -3.66. The number of alkyl halides is 3. The smallest absolute Gasteiger partial charge is 0.494 e. The molecule has 0 atom stereocenters. The topological polar surface area (TPSA) is 55.8 Å². The third-order valence-corrected chi connectivity index (χ3v) is 2.80. The quantitative estimate of drug-likeness (QED) is 0.750. The zero-order chi connectivity index (χ0) is 15.2. The largest absolute Gasteiger partial charge is 0.573 e. The first-order chi connectivity index (χ1) is 9.28. The van der Waals surface area contributed by atoms with Crippen LogP contribution in [0.4, 0.5) is 13.2 Å². The molecular formula is C12H12BrF3O4. The fraction of sp³-hybridized carbons (Fsp3) is 0.417. The first-order valence-electron chi connectivity index (χ1n) is 5.68. The van der Waals surface area contributed by atoms with Crippen molar-refractivity contribution >= 4 is 21.9 Å². The van der Waals surface area contributed by atoms with Crippen molar-refractivity contribution in [2.24, 2.45) is 0 Å². The van der Waals surface area contributed by atoms with Crippen molar-refractivity contribution in [3.8, 4) is 11.5 Å². The summed E-state index contributed by atoms with van der Waals surface area (Å²) < 4.78 is 45.4. The van der Waals surface area contributed by atoms with Gasteiger partial charge in [0.15, 0.2) is 0 Å². The molecule has 0 amide bonds. The van der Waals surface area contributed by atoms with Crippen LogP contribution in [0.5, 0.6) is 11.5 Å². The van der Waals surface area contributed by atoms with Gasteiger partial charge in [0.2, 0.25) is 0 Å². The molecule has 112 valence electrons. The lowest BCUT2D eigenvalue weighted by Crippen LogP contribution is -2.17. The van der Waals surface area contributed by atoms with E-state index in [0.29, 0.717) is 25.2 Å². The molecule has 0 saturated carbocycles. The van der Waals surface area contributed by atoms with Crippen molar-refractivity contribution in [2.45, 2.75) is 25.6 Å². The summed E-state index contributed by atoms with van der Waals surface area (Å²) in [4.78, 5) is 10.3. The van der Waals surface area contributed by atoms with E-state index < -0.39 is 12.3 Å². The SMILES string of the molecule is O=C(O)CCCCOc1ccc(OC(F)(F)F)c(Br)c1. The number of carboxylic acid groups (broad SMARTS) is 1. The van der Waals surface area contributed by atoms with Crippen LogP contribution in [0.25, 0.3) is 0 Å². The highest BCUT2D eigenvalue weighted by atomic mass is 79.9. The van der Waals surface area contributed by atoms with E-state index in [9.17, 15) is 18.0 Å². The van der Waals surface area contributed by atoms with E-state index >= 15 is 0 Å². The number of benzene rings is 1. The molecule has 0 saturated heterocycles.